The number of rotatable bonds is 4. The van der Waals surface area contributed by atoms with Gasteiger partial charge in [-0.3, -0.25) is 14.5 Å². The minimum Gasteiger partial charge on any atom is -0.369 e. The van der Waals surface area contributed by atoms with Gasteiger partial charge in [0.25, 0.3) is 5.91 Å². The first-order chi connectivity index (χ1) is 13.0. The third-order valence-corrected chi connectivity index (χ3v) is 6.06. The SMILES string of the molecule is CC(=O)c1ccc(N2CCN(CN3C(=O)NC4(CCCC4)C3=O)CC2)cc1. The smallest absolute Gasteiger partial charge is 0.326 e. The van der Waals surface area contributed by atoms with Crippen LogP contribution in [0.2, 0.25) is 0 Å². The van der Waals surface area contributed by atoms with E-state index in [1.165, 1.54) is 4.90 Å². The van der Waals surface area contributed by atoms with E-state index >= 15 is 0 Å². The summed E-state index contributed by atoms with van der Waals surface area (Å²) >= 11 is 0. The Bertz CT molecular complexity index is 747. The molecule has 0 radical (unpaired) electrons. The summed E-state index contributed by atoms with van der Waals surface area (Å²) in [6.45, 7) is 5.17. The third-order valence-electron chi connectivity index (χ3n) is 6.06. The maximum Gasteiger partial charge on any atom is 0.326 e. The Labute approximate surface area is 159 Å². The average molecular weight is 370 g/mol. The summed E-state index contributed by atoms with van der Waals surface area (Å²) < 4.78 is 0. The van der Waals surface area contributed by atoms with Crippen molar-refractivity contribution in [2.45, 2.75) is 38.1 Å². The van der Waals surface area contributed by atoms with Gasteiger partial charge < -0.3 is 10.2 Å². The van der Waals surface area contributed by atoms with E-state index in [0.717, 1.165) is 63.1 Å². The van der Waals surface area contributed by atoms with Crippen molar-refractivity contribution < 1.29 is 14.4 Å². The monoisotopic (exact) mass is 370 g/mol. The molecule has 1 aromatic carbocycles. The summed E-state index contributed by atoms with van der Waals surface area (Å²) in [5, 5.41) is 2.94. The van der Waals surface area contributed by atoms with Gasteiger partial charge in [-0.2, -0.15) is 0 Å². The number of urea groups is 1. The summed E-state index contributed by atoms with van der Waals surface area (Å²) in [6.07, 6.45) is 3.53. The van der Waals surface area contributed by atoms with E-state index in [1.807, 2.05) is 24.3 Å². The second kappa shape index (κ2) is 6.96. The molecule has 3 fully saturated rings. The predicted octanol–water partition coefficient (Wildman–Crippen LogP) is 1.83. The molecule has 0 unspecified atom stereocenters. The lowest BCUT2D eigenvalue weighted by molar-refractivity contribution is -0.132. The molecule has 1 N–H and O–H groups in total. The lowest BCUT2D eigenvalue weighted by atomic mass is 9.98. The number of hydrogen-bond acceptors (Lipinski definition) is 5. The lowest BCUT2D eigenvalue weighted by Crippen LogP contribution is -2.52. The Morgan fingerprint density at radius 3 is 2.26 bits per heavy atom. The maximum absolute atomic E-state index is 12.8. The van der Waals surface area contributed by atoms with Gasteiger partial charge in [0.05, 0.1) is 6.67 Å². The molecule has 144 valence electrons. The molecule has 1 spiro atoms. The van der Waals surface area contributed by atoms with Crippen LogP contribution in [-0.4, -0.2) is 65.9 Å². The Morgan fingerprint density at radius 1 is 1.04 bits per heavy atom. The van der Waals surface area contributed by atoms with Crippen LogP contribution in [0.15, 0.2) is 24.3 Å². The van der Waals surface area contributed by atoms with Gasteiger partial charge in [-0.25, -0.2) is 9.69 Å². The zero-order valence-corrected chi connectivity index (χ0v) is 15.7. The van der Waals surface area contributed by atoms with Crippen molar-refractivity contribution in [1.29, 1.82) is 0 Å². The Hall–Kier alpha value is -2.41. The summed E-state index contributed by atoms with van der Waals surface area (Å²) in [6, 6.07) is 7.43. The van der Waals surface area contributed by atoms with Crippen molar-refractivity contribution in [2.75, 3.05) is 37.7 Å². The summed E-state index contributed by atoms with van der Waals surface area (Å²) in [5.74, 6) is 0.0206. The number of nitrogens with zero attached hydrogens (tertiary/aromatic N) is 3. The Kier molecular flexibility index (Phi) is 4.63. The number of carbonyl (C=O) groups is 3. The fraction of sp³-hybridized carbons (Fsp3) is 0.550. The zero-order valence-electron chi connectivity index (χ0n) is 15.7. The van der Waals surface area contributed by atoms with Crippen LogP contribution in [0.25, 0.3) is 0 Å². The number of nitrogens with one attached hydrogen (secondary N) is 1. The number of imide groups is 1. The van der Waals surface area contributed by atoms with E-state index in [-0.39, 0.29) is 17.7 Å². The number of amides is 3. The van der Waals surface area contributed by atoms with Crippen molar-refractivity contribution in [3.05, 3.63) is 29.8 Å². The predicted molar refractivity (Wildman–Crippen MR) is 102 cm³/mol. The number of Topliss-reactive ketones (excluding diaryl/α,β-unsaturated/α-hetero) is 1. The second-order valence-electron chi connectivity index (χ2n) is 7.80. The van der Waals surface area contributed by atoms with Crippen LogP contribution >= 0.6 is 0 Å². The van der Waals surface area contributed by atoms with E-state index in [9.17, 15) is 14.4 Å². The second-order valence-corrected chi connectivity index (χ2v) is 7.80. The van der Waals surface area contributed by atoms with Crippen molar-refractivity contribution in [1.82, 2.24) is 15.1 Å². The number of carbonyl (C=O) groups excluding carboxylic acids is 3. The molecular formula is C20H26N4O3. The highest BCUT2D eigenvalue weighted by Crippen LogP contribution is 2.35. The van der Waals surface area contributed by atoms with Gasteiger partial charge in [-0.1, -0.05) is 12.8 Å². The highest BCUT2D eigenvalue weighted by atomic mass is 16.2. The van der Waals surface area contributed by atoms with Crippen LogP contribution in [0.4, 0.5) is 10.5 Å². The Balaban J connectivity index is 1.34. The molecule has 2 saturated heterocycles. The minimum absolute atomic E-state index is 0.0488. The van der Waals surface area contributed by atoms with Crippen LogP contribution in [0.1, 0.15) is 43.0 Å². The van der Waals surface area contributed by atoms with Gasteiger partial charge in [0, 0.05) is 37.4 Å². The van der Waals surface area contributed by atoms with Crippen LogP contribution < -0.4 is 10.2 Å². The number of piperazine rings is 1. The highest BCUT2D eigenvalue weighted by molar-refractivity contribution is 6.07. The molecule has 4 rings (SSSR count). The van der Waals surface area contributed by atoms with Crippen LogP contribution in [0.3, 0.4) is 0 Å². The topological polar surface area (TPSA) is 73.0 Å². The van der Waals surface area contributed by atoms with Crippen LogP contribution in [-0.2, 0) is 4.79 Å². The summed E-state index contributed by atoms with van der Waals surface area (Å²) in [7, 11) is 0. The molecule has 3 aliphatic rings. The first kappa shape index (κ1) is 18.0. The molecular weight excluding hydrogens is 344 g/mol. The summed E-state index contributed by atoms with van der Waals surface area (Å²) in [4.78, 5) is 42.3. The first-order valence-electron chi connectivity index (χ1n) is 9.71. The van der Waals surface area contributed by atoms with E-state index in [1.54, 1.807) is 6.92 Å². The van der Waals surface area contributed by atoms with Crippen molar-refractivity contribution in [3.8, 4) is 0 Å². The maximum atomic E-state index is 12.8. The van der Waals surface area contributed by atoms with Crippen molar-refractivity contribution >= 4 is 23.4 Å². The molecule has 2 aliphatic heterocycles. The van der Waals surface area contributed by atoms with E-state index in [2.05, 4.69) is 15.1 Å². The number of benzene rings is 1. The zero-order chi connectivity index (χ0) is 19.0. The molecule has 7 heteroatoms. The van der Waals surface area contributed by atoms with E-state index < -0.39 is 5.54 Å². The normalized spacial score (nSPS) is 22.6. The molecule has 0 aromatic heterocycles. The number of hydrogen-bond donors (Lipinski definition) is 1. The van der Waals surface area contributed by atoms with Gasteiger partial charge in [-0.15, -0.1) is 0 Å². The minimum atomic E-state index is -0.628. The molecule has 27 heavy (non-hydrogen) atoms. The van der Waals surface area contributed by atoms with Crippen molar-refractivity contribution in [2.24, 2.45) is 0 Å². The quantitative estimate of drug-likeness (QED) is 0.647. The molecule has 3 amide bonds. The van der Waals surface area contributed by atoms with Gasteiger partial charge in [-0.05, 0) is 44.0 Å². The van der Waals surface area contributed by atoms with Gasteiger partial charge in [0.15, 0.2) is 5.78 Å². The first-order valence-corrected chi connectivity index (χ1v) is 9.71. The van der Waals surface area contributed by atoms with Gasteiger partial charge in [0.2, 0.25) is 0 Å². The standard InChI is InChI=1S/C20H26N4O3/c1-15(25)16-4-6-17(7-5-16)23-12-10-22(11-13-23)14-24-18(26)20(21-19(24)27)8-2-3-9-20/h4-7H,2-3,8-14H2,1H3,(H,21,27). The van der Waals surface area contributed by atoms with Gasteiger partial charge >= 0.3 is 6.03 Å². The van der Waals surface area contributed by atoms with Crippen LogP contribution in [0, 0.1) is 0 Å². The molecule has 1 aliphatic carbocycles. The summed E-state index contributed by atoms with van der Waals surface area (Å²) in [5.41, 5.74) is 1.19. The molecule has 0 atom stereocenters. The fourth-order valence-corrected chi connectivity index (χ4v) is 4.38. The average Bonchev–Trinajstić information content (AvgIpc) is 3.23. The molecule has 1 saturated carbocycles. The molecule has 0 bridgehead atoms. The molecule has 1 aromatic rings. The van der Waals surface area contributed by atoms with Crippen molar-refractivity contribution in [3.63, 3.8) is 0 Å². The van der Waals surface area contributed by atoms with E-state index in [4.69, 9.17) is 0 Å². The third kappa shape index (κ3) is 3.32. The lowest BCUT2D eigenvalue weighted by Gasteiger charge is -2.37. The van der Waals surface area contributed by atoms with E-state index in [0.29, 0.717) is 6.67 Å². The largest absolute Gasteiger partial charge is 0.369 e. The van der Waals surface area contributed by atoms with Crippen LogP contribution in [0.5, 0.6) is 0 Å². The Morgan fingerprint density at radius 2 is 1.67 bits per heavy atom. The van der Waals surface area contributed by atoms with Gasteiger partial charge in [0.1, 0.15) is 5.54 Å². The molecule has 7 nitrogen and oxygen atoms in total. The fourth-order valence-electron chi connectivity index (χ4n) is 4.38. The number of anilines is 1. The molecule has 2 heterocycles. The number of ketones is 1. The highest BCUT2D eigenvalue weighted by Gasteiger charge is 2.52.